The van der Waals surface area contributed by atoms with Crippen molar-refractivity contribution < 1.29 is 9.90 Å². The lowest BCUT2D eigenvalue weighted by Crippen LogP contribution is -2.44. The van der Waals surface area contributed by atoms with Gasteiger partial charge in [-0.2, -0.15) is 10.2 Å². The second-order valence-corrected chi connectivity index (χ2v) is 10.4. The van der Waals surface area contributed by atoms with E-state index in [2.05, 4.69) is 20.2 Å². The normalized spacial score (nSPS) is 11.4. The molecule has 4 aromatic heterocycles. The Morgan fingerprint density at radius 1 is 0.946 bits per heavy atom. The Balaban J connectivity index is 0.000000241. The van der Waals surface area contributed by atoms with Crippen LogP contribution in [0.3, 0.4) is 0 Å². The van der Waals surface area contributed by atoms with Gasteiger partial charge < -0.3 is 5.11 Å². The first kappa shape index (κ1) is 26.7. The number of benzene rings is 1. The number of aryl methyl sites for hydroxylation is 1. The van der Waals surface area contributed by atoms with Crippen LogP contribution < -0.4 is 0 Å². The molecule has 4 heterocycles. The van der Waals surface area contributed by atoms with Crippen LogP contribution in [0.5, 0.6) is 0 Å². The van der Waals surface area contributed by atoms with Gasteiger partial charge in [0.25, 0.3) is 0 Å². The average Bonchev–Trinajstić information content (AvgIpc) is 3.46. The van der Waals surface area contributed by atoms with Crippen molar-refractivity contribution >= 4 is 51.9 Å². The molecule has 1 N–H and O–H groups in total. The van der Waals surface area contributed by atoms with Crippen LogP contribution in [0.15, 0.2) is 55.1 Å². The maximum atomic E-state index is 11.6. The van der Waals surface area contributed by atoms with E-state index < -0.39 is 11.6 Å². The minimum absolute atomic E-state index is 0.329. The zero-order chi connectivity index (χ0) is 26.9. The SMILES string of the molecule is Cc1cc(-c2nc(Cl)cn3nccc23)ccc1CN(C(=O)O)C(C)(C)C.Clc1cn2nccc2c(Cl)n1. The summed E-state index contributed by atoms with van der Waals surface area (Å²) in [6.45, 7) is 7.96. The molecule has 1 amide bonds. The lowest BCUT2D eigenvalue weighted by atomic mass is 10.00. The Labute approximate surface area is 228 Å². The van der Waals surface area contributed by atoms with Crippen LogP contribution >= 0.6 is 34.8 Å². The van der Waals surface area contributed by atoms with E-state index in [9.17, 15) is 9.90 Å². The van der Waals surface area contributed by atoms with Gasteiger partial charge in [-0.25, -0.2) is 23.8 Å². The molecule has 1 aromatic carbocycles. The Kier molecular flexibility index (Phi) is 7.59. The highest BCUT2D eigenvalue weighted by Gasteiger charge is 2.26. The molecule has 0 radical (unpaired) electrons. The summed E-state index contributed by atoms with van der Waals surface area (Å²) in [6.07, 6.45) is 5.67. The highest BCUT2D eigenvalue weighted by molar-refractivity contribution is 6.34. The topological polar surface area (TPSA) is 101 Å². The molecule has 0 saturated carbocycles. The number of fused-ring (bicyclic) bond motifs is 2. The number of carboxylic acid groups (broad SMARTS) is 1. The summed E-state index contributed by atoms with van der Waals surface area (Å²) in [7, 11) is 0. The van der Waals surface area contributed by atoms with E-state index in [1.165, 1.54) is 4.90 Å². The van der Waals surface area contributed by atoms with Crippen LogP contribution in [-0.2, 0) is 6.54 Å². The molecule has 0 spiro atoms. The van der Waals surface area contributed by atoms with Crippen LogP contribution in [0, 0.1) is 6.92 Å². The highest BCUT2D eigenvalue weighted by Crippen LogP contribution is 2.28. The molecule has 0 aliphatic carbocycles. The number of aromatic nitrogens is 6. The molecule has 0 atom stereocenters. The van der Waals surface area contributed by atoms with Gasteiger partial charge in [0.05, 0.1) is 36.0 Å². The highest BCUT2D eigenvalue weighted by atomic mass is 35.5. The number of rotatable bonds is 3. The van der Waals surface area contributed by atoms with Crippen LogP contribution in [0.4, 0.5) is 4.79 Å². The number of amides is 1. The summed E-state index contributed by atoms with van der Waals surface area (Å²) in [5, 5.41) is 18.7. The minimum atomic E-state index is -0.932. The summed E-state index contributed by atoms with van der Waals surface area (Å²) in [5.41, 5.74) is 4.76. The Morgan fingerprint density at radius 3 is 2.14 bits per heavy atom. The average molecular weight is 561 g/mol. The monoisotopic (exact) mass is 559 g/mol. The summed E-state index contributed by atoms with van der Waals surface area (Å²) >= 11 is 17.5. The van der Waals surface area contributed by atoms with Gasteiger partial charge in [0, 0.05) is 17.6 Å². The standard InChI is InChI=1S/C19H21ClN4O2.C6H3Cl2N3/c1-12-9-13(17-15-7-8-21-24(15)11-16(20)22-17)5-6-14(12)10-23(18(25)26)19(2,3)4;7-5-3-11-4(1-2-9-11)6(8)10-5/h5-9,11H,10H2,1-4H3,(H,25,26);1-3H. The lowest BCUT2D eigenvalue weighted by Gasteiger charge is -2.33. The number of halogens is 3. The van der Waals surface area contributed by atoms with Crippen molar-refractivity contribution in [1.82, 2.24) is 34.1 Å². The Bertz CT molecular complexity index is 1590. The van der Waals surface area contributed by atoms with E-state index in [0.717, 1.165) is 33.4 Å². The second kappa shape index (κ2) is 10.5. The van der Waals surface area contributed by atoms with Crippen molar-refractivity contribution in [3.63, 3.8) is 0 Å². The molecule has 5 aromatic rings. The summed E-state index contributed by atoms with van der Waals surface area (Å²) in [5.74, 6) is 0. The van der Waals surface area contributed by atoms with Crippen LogP contribution in [-0.4, -0.2) is 50.8 Å². The number of carbonyl (C=O) groups is 1. The first-order valence-corrected chi connectivity index (χ1v) is 12.3. The smallest absolute Gasteiger partial charge is 0.408 e. The van der Waals surface area contributed by atoms with E-state index in [4.69, 9.17) is 34.8 Å². The molecule has 0 aliphatic heterocycles. The molecule has 0 fully saturated rings. The summed E-state index contributed by atoms with van der Waals surface area (Å²) in [6, 6.07) is 9.54. The third-order valence-electron chi connectivity index (χ3n) is 5.66. The number of nitrogens with zero attached hydrogens (tertiary/aromatic N) is 7. The molecule has 192 valence electrons. The second-order valence-electron chi connectivity index (χ2n) is 9.27. The van der Waals surface area contributed by atoms with Crippen molar-refractivity contribution in [2.75, 3.05) is 0 Å². The van der Waals surface area contributed by atoms with Crippen molar-refractivity contribution in [3.05, 3.63) is 81.7 Å². The van der Waals surface area contributed by atoms with Crippen molar-refractivity contribution in [2.24, 2.45) is 0 Å². The van der Waals surface area contributed by atoms with E-state index in [1.54, 1.807) is 39.9 Å². The first-order valence-electron chi connectivity index (χ1n) is 11.2. The third-order valence-corrected chi connectivity index (χ3v) is 6.30. The molecule has 0 bridgehead atoms. The fourth-order valence-corrected chi connectivity index (χ4v) is 4.39. The summed E-state index contributed by atoms with van der Waals surface area (Å²) < 4.78 is 3.28. The van der Waals surface area contributed by atoms with Crippen LogP contribution in [0.1, 0.15) is 31.9 Å². The molecule has 5 rings (SSSR count). The largest absolute Gasteiger partial charge is 0.465 e. The molecular weight excluding hydrogens is 537 g/mol. The van der Waals surface area contributed by atoms with Gasteiger partial charge in [0.2, 0.25) is 0 Å². The first-order chi connectivity index (χ1) is 17.4. The van der Waals surface area contributed by atoms with Gasteiger partial charge in [0.15, 0.2) is 5.15 Å². The van der Waals surface area contributed by atoms with Crippen molar-refractivity contribution in [2.45, 2.75) is 39.8 Å². The van der Waals surface area contributed by atoms with Gasteiger partial charge in [0.1, 0.15) is 15.8 Å². The molecule has 0 unspecified atom stereocenters. The molecule has 0 saturated heterocycles. The fourth-order valence-electron chi connectivity index (χ4n) is 3.75. The maximum absolute atomic E-state index is 11.6. The number of hydrogen-bond donors (Lipinski definition) is 1. The van der Waals surface area contributed by atoms with E-state index in [-0.39, 0.29) is 0 Å². The zero-order valence-corrected chi connectivity index (χ0v) is 22.8. The predicted molar refractivity (Wildman–Crippen MR) is 144 cm³/mol. The van der Waals surface area contributed by atoms with Gasteiger partial charge >= 0.3 is 6.09 Å². The van der Waals surface area contributed by atoms with E-state index >= 15 is 0 Å². The number of hydrogen-bond acceptors (Lipinski definition) is 5. The van der Waals surface area contributed by atoms with Crippen LogP contribution in [0.2, 0.25) is 15.5 Å². The fraction of sp³-hybridized carbons (Fsp3) is 0.240. The zero-order valence-electron chi connectivity index (χ0n) is 20.5. The predicted octanol–water partition coefficient (Wildman–Crippen LogP) is 6.67. The minimum Gasteiger partial charge on any atom is -0.465 e. The Morgan fingerprint density at radius 2 is 1.54 bits per heavy atom. The maximum Gasteiger partial charge on any atom is 0.408 e. The molecule has 12 heteroatoms. The van der Waals surface area contributed by atoms with Gasteiger partial charge in [-0.15, -0.1) is 0 Å². The van der Waals surface area contributed by atoms with Gasteiger partial charge in [-0.05, 0) is 57.0 Å². The van der Waals surface area contributed by atoms with Gasteiger partial charge in [-0.1, -0.05) is 46.9 Å². The quantitative estimate of drug-likeness (QED) is 0.264. The van der Waals surface area contributed by atoms with E-state index in [0.29, 0.717) is 22.0 Å². The molecule has 0 aliphatic rings. The lowest BCUT2D eigenvalue weighted by molar-refractivity contribution is 0.0954. The Hall–Kier alpha value is -3.40. The summed E-state index contributed by atoms with van der Waals surface area (Å²) in [4.78, 5) is 21.3. The van der Waals surface area contributed by atoms with Crippen molar-refractivity contribution in [3.8, 4) is 11.3 Å². The van der Waals surface area contributed by atoms with Crippen molar-refractivity contribution in [1.29, 1.82) is 0 Å². The van der Waals surface area contributed by atoms with E-state index in [1.807, 2.05) is 52.0 Å². The van der Waals surface area contributed by atoms with Crippen LogP contribution in [0.25, 0.3) is 22.3 Å². The third kappa shape index (κ3) is 5.95. The molecular formula is C25H24Cl3N7O2. The van der Waals surface area contributed by atoms with Gasteiger partial charge in [-0.3, -0.25) is 4.90 Å². The molecule has 37 heavy (non-hydrogen) atoms. The molecule has 9 nitrogen and oxygen atoms in total.